The summed E-state index contributed by atoms with van der Waals surface area (Å²) in [6, 6.07) is 12.9. The number of aromatic hydroxyl groups is 2. The second kappa shape index (κ2) is 6.42. The minimum atomic E-state index is -0.378. The van der Waals surface area contributed by atoms with E-state index in [1.54, 1.807) is 30.3 Å². The van der Waals surface area contributed by atoms with Crippen molar-refractivity contribution in [2.75, 3.05) is 7.11 Å². The number of ketones is 1. The summed E-state index contributed by atoms with van der Waals surface area (Å²) in [4.78, 5) is 11.9. The highest BCUT2D eigenvalue weighted by Gasteiger charge is 2.14. The molecule has 0 heterocycles. The molecule has 0 aliphatic rings. The van der Waals surface area contributed by atoms with E-state index in [9.17, 15) is 15.0 Å². The number of benzene rings is 2. The van der Waals surface area contributed by atoms with Crippen LogP contribution in [-0.4, -0.2) is 28.2 Å². The Labute approximate surface area is 105 Å². The van der Waals surface area contributed by atoms with Crippen molar-refractivity contribution >= 4 is 5.78 Å². The Morgan fingerprint density at radius 3 is 2.11 bits per heavy atom. The summed E-state index contributed by atoms with van der Waals surface area (Å²) in [7, 11) is 1.00. The maximum atomic E-state index is 11.9. The van der Waals surface area contributed by atoms with Crippen LogP contribution in [0.2, 0.25) is 0 Å². The Kier molecular flexibility index (Phi) is 4.90. The van der Waals surface area contributed by atoms with Gasteiger partial charge in [0.15, 0.2) is 17.3 Å². The Hall–Kier alpha value is -2.33. The fourth-order valence-corrected chi connectivity index (χ4v) is 1.46. The van der Waals surface area contributed by atoms with Gasteiger partial charge in [-0.05, 0) is 12.1 Å². The van der Waals surface area contributed by atoms with Gasteiger partial charge in [0.05, 0.1) is 5.56 Å². The van der Waals surface area contributed by atoms with Crippen LogP contribution in [0.3, 0.4) is 0 Å². The third-order valence-electron chi connectivity index (χ3n) is 2.30. The lowest BCUT2D eigenvalue weighted by Gasteiger charge is -2.04. The van der Waals surface area contributed by atoms with E-state index in [1.165, 1.54) is 18.2 Å². The molecular formula is C14H14O4. The van der Waals surface area contributed by atoms with Crippen LogP contribution in [0.1, 0.15) is 15.9 Å². The molecule has 0 unspecified atom stereocenters. The van der Waals surface area contributed by atoms with Crippen molar-refractivity contribution in [3.63, 3.8) is 0 Å². The highest BCUT2D eigenvalue weighted by atomic mass is 16.3. The van der Waals surface area contributed by atoms with Crippen molar-refractivity contribution in [1.29, 1.82) is 0 Å². The molecule has 4 nitrogen and oxygen atoms in total. The Morgan fingerprint density at radius 2 is 1.50 bits per heavy atom. The first-order valence-corrected chi connectivity index (χ1v) is 5.25. The third kappa shape index (κ3) is 2.87. The molecule has 0 aliphatic carbocycles. The molecule has 2 aromatic rings. The van der Waals surface area contributed by atoms with E-state index in [0.717, 1.165) is 7.11 Å². The summed E-state index contributed by atoms with van der Waals surface area (Å²) in [5, 5.41) is 25.9. The van der Waals surface area contributed by atoms with E-state index in [2.05, 4.69) is 0 Å². The van der Waals surface area contributed by atoms with Crippen molar-refractivity contribution < 1.29 is 20.1 Å². The minimum absolute atomic E-state index is 0.103. The monoisotopic (exact) mass is 246 g/mol. The standard InChI is InChI=1S/C13H10O3.CH4O/c14-11-8-4-7-10(13(11)16)12(15)9-5-2-1-3-6-9;1-2/h1-8,14,16H;2H,1H3. The van der Waals surface area contributed by atoms with Gasteiger partial charge in [-0.1, -0.05) is 36.4 Å². The number of aliphatic hydroxyl groups excluding tert-OH is 1. The van der Waals surface area contributed by atoms with Gasteiger partial charge in [0.2, 0.25) is 0 Å². The summed E-state index contributed by atoms with van der Waals surface area (Å²) in [5.74, 6) is -0.980. The Bertz CT molecular complexity index is 521. The molecule has 0 bridgehead atoms. The summed E-state index contributed by atoms with van der Waals surface area (Å²) >= 11 is 0. The molecule has 2 aromatic carbocycles. The van der Waals surface area contributed by atoms with E-state index < -0.39 is 0 Å². The molecule has 0 aromatic heterocycles. The summed E-state index contributed by atoms with van der Waals surface area (Å²) in [5.41, 5.74) is 0.578. The van der Waals surface area contributed by atoms with Crippen LogP contribution < -0.4 is 0 Å². The number of hydrogen-bond donors (Lipinski definition) is 3. The number of carbonyl (C=O) groups is 1. The average molecular weight is 246 g/mol. The Morgan fingerprint density at radius 1 is 0.889 bits per heavy atom. The molecule has 0 amide bonds. The maximum Gasteiger partial charge on any atom is 0.196 e. The number of phenolic OH excluding ortho intramolecular Hbond substituents is 2. The molecule has 0 saturated carbocycles. The number of aliphatic hydroxyl groups is 1. The number of phenols is 2. The van der Waals surface area contributed by atoms with Crippen LogP contribution in [0.25, 0.3) is 0 Å². The number of para-hydroxylation sites is 1. The number of rotatable bonds is 2. The van der Waals surface area contributed by atoms with Crippen molar-refractivity contribution in [2.45, 2.75) is 0 Å². The van der Waals surface area contributed by atoms with Crippen LogP contribution in [0.15, 0.2) is 48.5 Å². The fourth-order valence-electron chi connectivity index (χ4n) is 1.46. The summed E-state index contributed by atoms with van der Waals surface area (Å²) in [6.45, 7) is 0. The van der Waals surface area contributed by atoms with E-state index in [4.69, 9.17) is 5.11 Å². The zero-order valence-electron chi connectivity index (χ0n) is 9.87. The lowest BCUT2D eigenvalue weighted by Crippen LogP contribution is -2.01. The first kappa shape index (κ1) is 13.7. The Balaban J connectivity index is 0.000000771. The van der Waals surface area contributed by atoms with Crippen LogP contribution in [-0.2, 0) is 0 Å². The first-order valence-electron chi connectivity index (χ1n) is 5.25. The van der Waals surface area contributed by atoms with Gasteiger partial charge in [0, 0.05) is 12.7 Å². The zero-order chi connectivity index (χ0) is 13.5. The molecule has 0 fully saturated rings. The summed E-state index contributed by atoms with van der Waals surface area (Å²) < 4.78 is 0. The molecule has 0 aliphatic heterocycles. The van der Waals surface area contributed by atoms with Crippen LogP contribution in [0, 0.1) is 0 Å². The first-order chi connectivity index (χ1) is 8.70. The summed E-state index contributed by atoms with van der Waals surface area (Å²) in [6.07, 6.45) is 0. The normalized spacial score (nSPS) is 9.22. The predicted octanol–water partition coefficient (Wildman–Crippen LogP) is 1.94. The molecular weight excluding hydrogens is 232 g/mol. The quantitative estimate of drug-likeness (QED) is 0.559. The maximum absolute atomic E-state index is 11.9. The highest BCUT2D eigenvalue weighted by molar-refractivity contribution is 6.11. The van der Waals surface area contributed by atoms with Gasteiger partial charge in [-0.25, -0.2) is 0 Å². The van der Waals surface area contributed by atoms with Crippen molar-refractivity contribution in [3.05, 3.63) is 59.7 Å². The molecule has 4 heteroatoms. The molecule has 3 N–H and O–H groups in total. The van der Waals surface area contributed by atoms with Gasteiger partial charge in [-0.15, -0.1) is 0 Å². The van der Waals surface area contributed by atoms with Gasteiger partial charge >= 0.3 is 0 Å². The van der Waals surface area contributed by atoms with Crippen LogP contribution >= 0.6 is 0 Å². The fraction of sp³-hybridized carbons (Fsp3) is 0.0714. The molecule has 0 saturated heterocycles. The van der Waals surface area contributed by atoms with E-state index in [1.807, 2.05) is 0 Å². The number of carbonyl (C=O) groups excluding carboxylic acids is 1. The van der Waals surface area contributed by atoms with Crippen molar-refractivity contribution in [3.8, 4) is 11.5 Å². The van der Waals surface area contributed by atoms with Crippen LogP contribution in [0.4, 0.5) is 0 Å². The SMILES string of the molecule is CO.O=C(c1ccccc1)c1cccc(O)c1O. The lowest BCUT2D eigenvalue weighted by atomic mass is 10.0. The molecule has 0 atom stereocenters. The van der Waals surface area contributed by atoms with E-state index in [-0.39, 0.29) is 22.8 Å². The molecule has 94 valence electrons. The minimum Gasteiger partial charge on any atom is -0.504 e. The van der Waals surface area contributed by atoms with E-state index >= 15 is 0 Å². The van der Waals surface area contributed by atoms with Gasteiger partial charge < -0.3 is 15.3 Å². The third-order valence-corrected chi connectivity index (χ3v) is 2.30. The van der Waals surface area contributed by atoms with Gasteiger partial charge in [0.1, 0.15) is 0 Å². The van der Waals surface area contributed by atoms with Crippen LogP contribution in [0.5, 0.6) is 11.5 Å². The molecule has 2 rings (SSSR count). The van der Waals surface area contributed by atoms with Crippen molar-refractivity contribution in [2.24, 2.45) is 0 Å². The van der Waals surface area contributed by atoms with Gasteiger partial charge in [-0.2, -0.15) is 0 Å². The number of hydrogen-bond acceptors (Lipinski definition) is 4. The molecule has 0 radical (unpaired) electrons. The molecule has 0 spiro atoms. The predicted molar refractivity (Wildman–Crippen MR) is 67.8 cm³/mol. The zero-order valence-corrected chi connectivity index (χ0v) is 9.87. The second-order valence-electron chi connectivity index (χ2n) is 3.37. The smallest absolute Gasteiger partial charge is 0.196 e. The average Bonchev–Trinajstić information content (AvgIpc) is 2.44. The molecule has 18 heavy (non-hydrogen) atoms. The second-order valence-corrected chi connectivity index (χ2v) is 3.37. The largest absolute Gasteiger partial charge is 0.504 e. The van der Waals surface area contributed by atoms with Gasteiger partial charge in [-0.3, -0.25) is 4.79 Å². The van der Waals surface area contributed by atoms with Crippen molar-refractivity contribution in [1.82, 2.24) is 0 Å². The van der Waals surface area contributed by atoms with Gasteiger partial charge in [0.25, 0.3) is 0 Å². The topological polar surface area (TPSA) is 77.8 Å². The lowest BCUT2D eigenvalue weighted by molar-refractivity contribution is 0.103. The van der Waals surface area contributed by atoms with E-state index in [0.29, 0.717) is 5.56 Å². The highest BCUT2D eigenvalue weighted by Crippen LogP contribution is 2.29.